The molecule has 0 radical (unpaired) electrons. The maximum atomic E-state index is 15.1. The number of anilines is 1. The summed E-state index contributed by atoms with van der Waals surface area (Å²) < 4.78 is 71.2. The van der Waals surface area contributed by atoms with Crippen LogP contribution in [0.4, 0.5) is 23.2 Å². The fourth-order valence-corrected chi connectivity index (χ4v) is 6.62. The van der Waals surface area contributed by atoms with Gasteiger partial charge in [0.25, 0.3) is 0 Å². The first-order chi connectivity index (χ1) is 24.1. The number of nitrogen functional groups attached to an aromatic ring is 1. The second-order valence-electron chi connectivity index (χ2n) is 10.8. The third kappa shape index (κ3) is 8.12. The maximum Gasteiger partial charge on any atom is 0.338 e. The van der Waals surface area contributed by atoms with Crippen molar-refractivity contribution in [1.82, 2.24) is 9.59 Å². The highest BCUT2D eigenvalue weighted by Gasteiger charge is 2.24. The van der Waals surface area contributed by atoms with Crippen molar-refractivity contribution in [3.05, 3.63) is 153 Å². The Bertz CT molecular complexity index is 2160. The van der Waals surface area contributed by atoms with Gasteiger partial charge in [0.15, 0.2) is 11.6 Å². The van der Waals surface area contributed by atoms with Crippen molar-refractivity contribution in [1.29, 1.82) is 0 Å². The van der Waals surface area contributed by atoms with Crippen LogP contribution in [0.5, 0.6) is 0 Å². The first-order valence-corrected chi connectivity index (χ1v) is 16.7. The number of carbonyl (C=O) groups is 2. The fraction of sp³-hybridized carbons (Fsp3) is 0.135. The normalized spacial score (nSPS) is 10.8. The average molecular weight is 720 g/mol. The molecule has 0 bridgehead atoms. The van der Waals surface area contributed by atoms with Gasteiger partial charge in [-0.15, -0.1) is 16.9 Å². The van der Waals surface area contributed by atoms with Gasteiger partial charge >= 0.3 is 11.9 Å². The molecule has 6 rings (SSSR count). The number of nitrogens with two attached hydrogens (primary N) is 1. The van der Waals surface area contributed by atoms with Gasteiger partial charge in [-0.1, -0.05) is 71.2 Å². The molecular formula is C37H29F4N3O4S2. The molecular weight excluding hydrogens is 691 g/mol. The number of fused-ring (bicyclic) bond motifs is 1. The van der Waals surface area contributed by atoms with Gasteiger partial charge < -0.3 is 15.2 Å². The van der Waals surface area contributed by atoms with E-state index in [1.54, 1.807) is 36.4 Å². The number of aromatic nitrogens is 2. The van der Waals surface area contributed by atoms with Crippen LogP contribution in [0.2, 0.25) is 0 Å². The standard InChI is InChI=1S/C22H19F2NO2S.C15H10F2N2O2S/c1-27-22(26)17-12-19(28-13-14-7-3-2-4-8-14)21(25)20(24)16(17)11-15-9-5-6-10-18(15)23;1-21-15(20)10-7-12-14(18-19-22-12)13(17)9(10)6-8-4-2-3-5-11(8)16/h2-10,12H,11,13,25H2,1H3;2-5,7H,6H2,1H3. The lowest BCUT2D eigenvalue weighted by Crippen LogP contribution is -2.12. The lowest BCUT2D eigenvalue weighted by Gasteiger charge is -2.15. The van der Waals surface area contributed by atoms with Gasteiger partial charge in [-0.3, -0.25) is 0 Å². The number of hydrogen-bond donors (Lipinski definition) is 1. The summed E-state index contributed by atoms with van der Waals surface area (Å²) in [5, 5.41) is 3.72. The Morgan fingerprint density at radius 2 is 1.26 bits per heavy atom. The first kappa shape index (κ1) is 36.0. The molecule has 5 aromatic carbocycles. The maximum absolute atomic E-state index is 15.1. The summed E-state index contributed by atoms with van der Waals surface area (Å²) in [6, 6.07) is 24.7. The summed E-state index contributed by atoms with van der Waals surface area (Å²) in [5.41, 5.74) is 7.81. The molecule has 0 spiro atoms. The monoisotopic (exact) mass is 719 g/mol. The fourth-order valence-electron chi connectivity index (χ4n) is 5.06. The van der Waals surface area contributed by atoms with Crippen molar-refractivity contribution >= 4 is 51.1 Å². The highest BCUT2D eigenvalue weighted by Crippen LogP contribution is 2.35. The Balaban J connectivity index is 0.000000200. The number of hydrogen-bond acceptors (Lipinski definition) is 9. The summed E-state index contributed by atoms with van der Waals surface area (Å²) in [4.78, 5) is 24.6. The Kier molecular flexibility index (Phi) is 11.8. The van der Waals surface area contributed by atoms with Crippen molar-refractivity contribution in [2.24, 2.45) is 0 Å². The van der Waals surface area contributed by atoms with Gasteiger partial charge in [0.2, 0.25) is 0 Å². The Labute approximate surface area is 293 Å². The zero-order chi connectivity index (χ0) is 35.8. The van der Waals surface area contributed by atoms with E-state index in [1.165, 1.54) is 50.2 Å². The van der Waals surface area contributed by atoms with E-state index in [9.17, 15) is 22.8 Å². The topological polar surface area (TPSA) is 104 Å². The summed E-state index contributed by atoms with van der Waals surface area (Å²) >= 11 is 2.31. The molecule has 0 unspecified atom stereocenters. The summed E-state index contributed by atoms with van der Waals surface area (Å²) in [5.74, 6) is -3.13. The lowest BCUT2D eigenvalue weighted by atomic mass is 9.98. The molecule has 256 valence electrons. The molecule has 2 N–H and O–H groups in total. The number of benzene rings is 5. The highest BCUT2D eigenvalue weighted by atomic mass is 32.2. The van der Waals surface area contributed by atoms with Crippen molar-refractivity contribution in [2.45, 2.75) is 23.5 Å². The zero-order valence-corrected chi connectivity index (χ0v) is 28.3. The molecule has 6 aromatic rings. The number of methoxy groups -OCH3 is 2. The number of carbonyl (C=O) groups excluding carboxylic acids is 2. The minimum Gasteiger partial charge on any atom is -0.465 e. The molecule has 0 saturated heterocycles. The number of ether oxygens (including phenoxy) is 2. The van der Waals surface area contributed by atoms with E-state index in [0.29, 0.717) is 15.3 Å². The number of thioether (sulfide) groups is 1. The molecule has 0 atom stereocenters. The molecule has 0 aliphatic heterocycles. The van der Waals surface area contributed by atoms with Gasteiger partial charge in [0, 0.05) is 34.6 Å². The minimum atomic E-state index is -0.721. The Morgan fingerprint density at radius 3 is 1.82 bits per heavy atom. The number of rotatable bonds is 9. The lowest BCUT2D eigenvalue weighted by molar-refractivity contribution is 0.0590. The Morgan fingerprint density at radius 1 is 0.740 bits per heavy atom. The third-order valence-electron chi connectivity index (χ3n) is 7.65. The molecule has 0 amide bonds. The van der Waals surface area contributed by atoms with Crippen LogP contribution in [0.15, 0.2) is 95.9 Å². The molecule has 7 nitrogen and oxygen atoms in total. The van der Waals surface area contributed by atoms with E-state index < -0.39 is 35.2 Å². The molecule has 0 aliphatic rings. The quantitative estimate of drug-likeness (QED) is 0.0686. The average Bonchev–Trinajstić information content (AvgIpc) is 3.62. The van der Waals surface area contributed by atoms with E-state index >= 15 is 4.39 Å². The van der Waals surface area contributed by atoms with Crippen LogP contribution in [-0.2, 0) is 28.1 Å². The van der Waals surface area contributed by atoms with Crippen LogP contribution in [0.1, 0.15) is 48.5 Å². The second kappa shape index (κ2) is 16.4. The zero-order valence-electron chi connectivity index (χ0n) is 26.7. The minimum absolute atomic E-state index is 0.0264. The van der Waals surface area contributed by atoms with Crippen LogP contribution in [0.25, 0.3) is 10.2 Å². The molecule has 50 heavy (non-hydrogen) atoms. The third-order valence-corrected chi connectivity index (χ3v) is 9.45. The van der Waals surface area contributed by atoms with Gasteiger partial charge in [0.05, 0.1) is 35.7 Å². The summed E-state index contributed by atoms with van der Waals surface area (Å²) in [6.07, 6.45) is -0.173. The summed E-state index contributed by atoms with van der Waals surface area (Å²) in [6.45, 7) is 0. The van der Waals surface area contributed by atoms with Crippen molar-refractivity contribution < 1.29 is 36.6 Å². The van der Waals surface area contributed by atoms with Crippen LogP contribution in [-0.4, -0.2) is 35.7 Å². The molecule has 0 aliphatic carbocycles. The van der Waals surface area contributed by atoms with E-state index in [4.69, 9.17) is 10.5 Å². The Hall–Kier alpha value is -5.27. The molecule has 13 heteroatoms. The molecule has 0 saturated carbocycles. The van der Waals surface area contributed by atoms with Crippen molar-refractivity contribution in [3.8, 4) is 0 Å². The SMILES string of the molecule is COC(=O)c1cc(SCc2ccccc2)c(N)c(F)c1Cc1ccccc1F.COC(=O)c1cc2snnc2c(F)c1Cc1ccccc1F. The van der Waals surface area contributed by atoms with E-state index in [0.717, 1.165) is 17.1 Å². The van der Waals surface area contributed by atoms with Gasteiger partial charge in [0.1, 0.15) is 17.2 Å². The molecule has 0 fully saturated rings. The molecule has 1 aromatic heterocycles. The predicted molar refractivity (Wildman–Crippen MR) is 185 cm³/mol. The van der Waals surface area contributed by atoms with Crippen LogP contribution >= 0.6 is 23.3 Å². The highest BCUT2D eigenvalue weighted by molar-refractivity contribution is 7.98. The van der Waals surface area contributed by atoms with E-state index in [2.05, 4.69) is 14.3 Å². The molecule has 1 heterocycles. The van der Waals surface area contributed by atoms with Crippen molar-refractivity contribution in [3.63, 3.8) is 0 Å². The van der Waals surface area contributed by atoms with Gasteiger partial charge in [-0.25, -0.2) is 27.2 Å². The van der Waals surface area contributed by atoms with Crippen molar-refractivity contribution in [2.75, 3.05) is 20.0 Å². The van der Waals surface area contributed by atoms with Crippen LogP contribution in [0, 0.1) is 23.3 Å². The summed E-state index contributed by atoms with van der Waals surface area (Å²) in [7, 11) is 2.43. The van der Waals surface area contributed by atoms with Gasteiger partial charge in [-0.05, 0) is 52.5 Å². The van der Waals surface area contributed by atoms with Gasteiger partial charge in [-0.2, -0.15) is 0 Å². The largest absolute Gasteiger partial charge is 0.465 e. The number of halogens is 4. The smallest absolute Gasteiger partial charge is 0.338 e. The van der Waals surface area contributed by atoms with E-state index in [1.807, 2.05) is 30.3 Å². The predicted octanol–water partition coefficient (Wildman–Crippen LogP) is 8.56. The van der Waals surface area contributed by atoms with Crippen LogP contribution < -0.4 is 5.73 Å². The number of nitrogens with zero attached hydrogens (tertiary/aromatic N) is 2. The van der Waals surface area contributed by atoms with E-state index in [-0.39, 0.29) is 57.4 Å². The number of esters is 2. The van der Waals surface area contributed by atoms with Crippen LogP contribution in [0.3, 0.4) is 0 Å². The first-order valence-electron chi connectivity index (χ1n) is 15.0. The second-order valence-corrected chi connectivity index (χ2v) is 12.6.